The Morgan fingerprint density at radius 1 is 1.14 bits per heavy atom. The number of ether oxygens (including phenoxy) is 2. The maximum atomic E-state index is 13.5. The molecule has 1 aliphatic rings. The van der Waals surface area contributed by atoms with Gasteiger partial charge in [-0.05, 0) is 24.3 Å². The Morgan fingerprint density at radius 2 is 1.82 bits per heavy atom. The Bertz CT molecular complexity index is 971. The van der Waals surface area contributed by atoms with Gasteiger partial charge in [-0.15, -0.1) is 0 Å². The van der Waals surface area contributed by atoms with Crippen molar-refractivity contribution in [3.8, 4) is 11.5 Å². The molecule has 148 valence electrons. The maximum Gasteiger partial charge on any atom is 0.492 e. The van der Waals surface area contributed by atoms with E-state index in [1.54, 1.807) is 0 Å². The number of fused-ring (bicyclic) bond motifs is 1. The quantitative estimate of drug-likeness (QED) is 0.439. The SMILES string of the molecule is O=C(Nc1ccc(F)c([N+](=O)[O-])c1)N[C@]1(C(F)(F)F)Oc2ccc(Cl)cc2O1. The number of amides is 2. The molecule has 0 aromatic heterocycles. The predicted octanol–water partition coefficient (Wildman–Crippen LogP) is 4.20. The van der Waals surface area contributed by atoms with Crippen molar-refractivity contribution in [1.29, 1.82) is 0 Å². The van der Waals surface area contributed by atoms with Gasteiger partial charge in [0.25, 0.3) is 0 Å². The minimum Gasteiger partial charge on any atom is -0.424 e. The minimum absolute atomic E-state index is 0.0726. The lowest BCUT2D eigenvalue weighted by molar-refractivity contribution is -0.387. The molecule has 0 fully saturated rings. The average molecular weight is 422 g/mol. The van der Waals surface area contributed by atoms with Crippen LogP contribution >= 0.6 is 11.6 Å². The summed E-state index contributed by atoms with van der Waals surface area (Å²) >= 11 is 5.69. The van der Waals surface area contributed by atoms with Crippen molar-refractivity contribution in [3.05, 3.63) is 57.4 Å². The van der Waals surface area contributed by atoms with E-state index in [-0.39, 0.29) is 22.2 Å². The van der Waals surface area contributed by atoms with Gasteiger partial charge in [0.1, 0.15) is 0 Å². The number of anilines is 1. The van der Waals surface area contributed by atoms with Crippen molar-refractivity contribution < 1.29 is 36.8 Å². The molecule has 3 rings (SSSR count). The highest BCUT2D eigenvalue weighted by Gasteiger charge is 2.65. The monoisotopic (exact) mass is 421 g/mol. The molecule has 2 amide bonds. The van der Waals surface area contributed by atoms with Crippen molar-refractivity contribution in [1.82, 2.24) is 5.32 Å². The Balaban J connectivity index is 1.83. The van der Waals surface area contributed by atoms with Crippen molar-refractivity contribution in [2.45, 2.75) is 12.1 Å². The molecule has 2 aromatic carbocycles. The number of nitrogens with one attached hydrogen (secondary N) is 2. The topological polar surface area (TPSA) is 103 Å². The minimum atomic E-state index is -5.22. The van der Waals surface area contributed by atoms with Gasteiger partial charge in [0.2, 0.25) is 5.82 Å². The van der Waals surface area contributed by atoms with Gasteiger partial charge in [-0.3, -0.25) is 15.4 Å². The van der Waals surface area contributed by atoms with E-state index in [4.69, 9.17) is 21.1 Å². The van der Waals surface area contributed by atoms with E-state index >= 15 is 0 Å². The fourth-order valence-electron chi connectivity index (χ4n) is 2.26. The zero-order valence-corrected chi connectivity index (χ0v) is 14.1. The summed E-state index contributed by atoms with van der Waals surface area (Å²) in [5.41, 5.74) is -1.31. The number of urea groups is 1. The summed E-state index contributed by atoms with van der Waals surface area (Å²) in [5, 5.41) is 14.2. The molecular weight excluding hydrogens is 414 g/mol. The van der Waals surface area contributed by atoms with Gasteiger partial charge in [-0.25, -0.2) is 4.79 Å². The summed E-state index contributed by atoms with van der Waals surface area (Å²) < 4.78 is 63.4. The summed E-state index contributed by atoms with van der Waals surface area (Å²) in [6.45, 7) is 0. The number of nitro groups is 1. The lowest BCUT2D eigenvalue weighted by Crippen LogP contribution is -2.65. The Labute approximate surface area is 158 Å². The lowest BCUT2D eigenvalue weighted by Gasteiger charge is -2.29. The van der Waals surface area contributed by atoms with E-state index in [1.165, 1.54) is 11.4 Å². The molecule has 1 atom stereocenters. The molecule has 0 radical (unpaired) electrons. The lowest BCUT2D eigenvalue weighted by atomic mass is 10.2. The standard InChI is InChI=1S/C15H8ClF4N3O5/c16-7-1-4-11-12(5-7)28-15(27-11,14(18,19)20)22-13(24)21-8-2-3-9(17)10(6-8)23(25)26/h1-6H,(H2,21,22,24)/t15-/m1/s1. The third kappa shape index (κ3) is 3.58. The van der Waals surface area contributed by atoms with Crippen LogP contribution in [-0.2, 0) is 0 Å². The zero-order chi connectivity index (χ0) is 20.7. The predicted molar refractivity (Wildman–Crippen MR) is 86.7 cm³/mol. The number of carbonyl (C=O) groups excluding carboxylic acids is 1. The molecule has 1 aliphatic heterocycles. The van der Waals surface area contributed by atoms with E-state index in [0.717, 1.165) is 18.2 Å². The normalized spacial score (nSPS) is 17.9. The number of nitro benzene ring substituents is 1. The van der Waals surface area contributed by atoms with Crippen molar-refractivity contribution >= 4 is 29.0 Å². The average Bonchev–Trinajstić information content (AvgIpc) is 2.94. The van der Waals surface area contributed by atoms with Gasteiger partial charge < -0.3 is 14.8 Å². The van der Waals surface area contributed by atoms with Crippen LogP contribution in [0.15, 0.2) is 36.4 Å². The molecule has 0 saturated carbocycles. The first-order chi connectivity index (χ1) is 13.0. The van der Waals surface area contributed by atoms with Crippen LogP contribution in [0.2, 0.25) is 5.02 Å². The van der Waals surface area contributed by atoms with Crippen LogP contribution in [0.4, 0.5) is 33.7 Å². The highest BCUT2D eigenvalue weighted by Crippen LogP contribution is 2.46. The van der Waals surface area contributed by atoms with Crippen molar-refractivity contribution in [3.63, 3.8) is 0 Å². The van der Waals surface area contributed by atoms with Crippen LogP contribution in [0, 0.1) is 15.9 Å². The number of carbonyl (C=O) groups is 1. The molecule has 8 nitrogen and oxygen atoms in total. The van der Waals surface area contributed by atoms with Gasteiger partial charge in [0, 0.05) is 22.8 Å². The molecule has 0 aliphatic carbocycles. The zero-order valence-electron chi connectivity index (χ0n) is 13.3. The van der Waals surface area contributed by atoms with Crippen molar-refractivity contribution in [2.75, 3.05) is 5.32 Å². The fraction of sp³-hybridized carbons (Fsp3) is 0.133. The Kier molecular flexibility index (Phi) is 4.67. The second kappa shape index (κ2) is 6.71. The van der Waals surface area contributed by atoms with Crippen LogP contribution in [0.25, 0.3) is 0 Å². The van der Waals surface area contributed by atoms with E-state index in [0.29, 0.717) is 12.1 Å². The summed E-state index contributed by atoms with van der Waals surface area (Å²) in [6, 6.07) is 4.20. The molecule has 0 unspecified atom stereocenters. The smallest absolute Gasteiger partial charge is 0.424 e. The third-order valence-electron chi connectivity index (χ3n) is 3.47. The summed E-state index contributed by atoms with van der Waals surface area (Å²) in [6.07, 6.45) is -5.22. The fourth-order valence-corrected chi connectivity index (χ4v) is 2.42. The van der Waals surface area contributed by atoms with Gasteiger partial charge >= 0.3 is 23.8 Å². The molecular formula is C15H8ClF4N3O5. The molecule has 13 heteroatoms. The second-order valence-electron chi connectivity index (χ2n) is 5.41. The molecule has 0 bridgehead atoms. The molecule has 0 saturated heterocycles. The number of benzene rings is 2. The number of hydrogen-bond acceptors (Lipinski definition) is 5. The molecule has 0 spiro atoms. The molecule has 2 N–H and O–H groups in total. The largest absolute Gasteiger partial charge is 0.492 e. The van der Waals surface area contributed by atoms with Crippen molar-refractivity contribution in [2.24, 2.45) is 0 Å². The number of hydrogen-bond donors (Lipinski definition) is 2. The van der Waals surface area contributed by atoms with Gasteiger partial charge in [0.15, 0.2) is 11.5 Å². The van der Waals surface area contributed by atoms with E-state index in [1.807, 2.05) is 5.32 Å². The van der Waals surface area contributed by atoms with Gasteiger partial charge in [-0.1, -0.05) is 11.6 Å². The van der Waals surface area contributed by atoms with Crippen LogP contribution < -0.4 is 20.1 Å². The third-order valence-corrected chi connectivity index (χ3v) is 3.70. The number of rotatable bonds is 3. The van der Waals surface area contributed by atoms with Crippen LogP contribution in [0.3, 0.4) is 0 Å². The number of nitrogens with zero attached hydrogens (tertiary/aromatic N) is 1. The second-order valence-corrected chi connectivity index (χ2v) is 5.85. The Morgan fingerprint density at radius 3 is 2.46 bits per heavy atom. The first-order valence-electron chi connectivity index (χ1n) is 7.28. The van der Waals surface area contributed by atoms with Gasteiger partial charge in [0.05, 0.1) is 4.92 Å². The molecule has 1 heterocycles. The first-order valence-corrected chi connectivity index (χ1v) is 7.66. The summed E-state index contributed by atoms with van der Waals surface area (Å²) in [4.78, 5) is 21.7. The molecule has 2 aromatic rings. The van der Waals surface area contributed by atoms with Crippen LogP contribution in [-0.4, -0.2) is 23.0 Å². The highest BCUT2D eigenvalue weighted by molar-refractivity contribution is 6.30. The van der Waals surface area contributed by atoms with Crippen LogP contribution in [0.1, 0.15) is 0 Å². The maximum absolute atomic E-state index is 13.5. The molecule has 28 heavy (non-hydrogen) atoms. The summed E-state index contributed by atoms with van der Waals surface area (Å²) in [5.74, 6) is -5.42. The Hall–Kier alpha value is -3.28. The summed E-state index contributed by atoms with van der Waals surface area (Å²) in [7, 11) is 0. The number of alkyl halides is 3. The van der Waals surface area contributed by atoms with E-state index in [9.17, 15) is 32.5 Å². The van der Waals surface area contributed by atoms with E-state index in [2.05, 4.69) is 0 Å². The number of halogens is 5. The van der Waals surface area contributed by atoms with Gasteiger partial charge in [-0.2, -0.15) is 17.6 Å². The van der Waals surface area contributed by atoms with Crippen LogP contribution in [0.5, 0.6) is 11.5 Å². The highest BCUT2D eigenvalue weighted by atomic mass is 35.5. The van der Waals surface area contributed by atoms with E-state index < -0.39 is 34.5 Å². The first kappa shape index (κ1) is 19.5.